The van der Waals surface area contributed by atoms with Crippen LogP contribution < -0.4 is 0 Å². The van der Waals surface area contributed by atoms with Crippen molar-refractivity contribution in [1.82, 2.24) is 14.5 Å². The summed E-state index contributed by atoms with van der Waals surface area (Å²) in [5.74, 6) is 0.324. The van der Waals surface area contributed by atoms with Crippen LogP contribution in [0.15, 0.2) is 18.3 Å². The second kappa shape index (κ2) is 5.22. The molecule has 3 heterocycles. The lowest BCUT2D eigenvalue weighted by Gasteiger charge is -2.30. The average Bonchev–Trinajstić information content (AvgIpc) is 2.80. The number of pyridine rings is 1. The van der Waals surface area contributed by atoms with Crippen molar-refractivity contribution in [1.29, 1.82) is 5.26 Å². The highest BCUT2D eigenvalue weighted by molar-refractivity contribution is 5.52. The molecular weight excluding hydrogens is 255 g/mol. The van der Waals surface area contributed by atoms with Crippen LogP contribution in [-0.2, 0) is 6.54 Å². The zero-order chi connectivity index (χ0) is 14.1. The van der Waals surface area contributed by atoms with Crippen molar-refractivity contribution < 1.29 is 4.39 Å². The maximum Gasteiger partial charge on any atom is 0.168 e. The lowest BCUT2D eigenvalue weighted by Crippen LogP contribution is -2.33. The lowest BCUT2D eigenvalue weighted by atomic mass is 10.00. The van der Waals surface area contributed by atoms with Crippen LogP contribution in [-0.4, -0.2) is 27.6 Å². The van der Waals surface area contributed by atoms with Crippen LogP contribution in [0.25, 0.3) is 5.52 Å². The Morgan fingerprint density at radius 2 is 2.35 bits per heavy atom. The van der Waals surface area contributed by atoms with Crippen molar-refractivity contribution in [2.24, 2.45) is 5.92 Å². The summed E-state index contributed by atoms with van der Waals surface area (Å²) >= 11 is 0. The molecule has 0 N–H and O–H groups in total. The van der Waals surface area contributed by atoms with Gasteiger partial charge in [-0.2, -0.15) is 10.4 Å². The third-order valence-electron chi connectivity index (χ3n) is 3.89. The average molecular weight is 272 g/mol. The fraction of sp³-hybridized carbons (Fsp3) is 0.467. The zero-order valence-corrected chi connectivity index (χ0v) is 11.5. The lowest BCUT2D eigenvalue weighted by molar-refractivity contribution is 0.176. The first-order valence-electron chi connectivity index (χ1n) is 6.96. The van der Waals surface area contributed by atoms with Crippen molar-refractivity contribution in [3.05, 3.63) is 35.4 Å². The smallest absolute Gasteiger partial charge is 0.168 e. The molecule has 0 amide bonds. The van der Waals surface area contributed by atoms with Gasteiger partial charge in [0.1, 0.15) is 17.3 Å². The van der Waals surface area contributed by atoms with Gasteiger partial charge in [-0.05, 0) is 43.0 Å². The van der Waals surface area contributed by atoms with Gasteiger partial charge in [0.25, 0.3) is 0 Å². The van der Waals surface area contributed by atoms with E-state index in [1.165, 1.54) is 17.4 Å². The SMILES string of the molecule is C[C@H]1CCCN(Cc2cc(C#N)n3ncc(F)c3c2)C1. The van der Waals surface area contributed by atoms with E-state index < -0.39 is 0 Å². The fourth-order valence-electron chi connectivity index (χ4n) is 2.97. The normalized spacial score (nSPS) is 20.1. The van der Waals surface area contributed by atoms with Gasteiger partial charge in [-0.15, -0.1) is 0 Å². The number of hydrogen-bond donors (Lipinski definition) is 0. The summed E-state index contributed by atoms with van der Waals surface area (Å²) in [5.41, 5.74) is 1.73. The number of fused-ring (bicyclic) bond motifs is 1. The summed E-state index contributed by atoms with van der Waals surface area (Å²) in [5, 5.41) is 13.1. The molecule has 1 aliphatic rings. The number of halogens is 1. The van der Waals surface area contributed by atoms with Crippen LogP contribution in [0.1, 0.15) is 31.0 Å². The molecule has 1 fully saturated rings. The van der Waals surface area contributed by atoms with Crippen LogP contribution in [0.5, 0.6) is 0 Å². The minimum atomic E-state index is -0.379. The number of nitrogens with zero attached hydrogens (tertiary/aromatic N) is 4. The third-order valence-corrected chi connectivity index (χ3v) is 3.89. The predicted octanol–water partition coefficient (Wildman–Crippen LogP) is 2.58. The molecule has 2 aromatic rings. The van der Waals surface area contributed by atoms with Gasteiger partial charge in [-0.1, -0.05) is 6.92 Å². The highest BCUT2D eigenvalue weighted by Crippen LogP contribution is 2.20. The molecule has 2 aromatic heterocycles. The molecule has 5 heteroatoms. The second-order valence-electron chi connectivity index (χ2n) is 5.63. The van der Waals surface area contributed by atoms with Gasteiger partial charge in [0.15, 0.2) is 5.82 Å². The highest BCUT2D eigenvalue weighted by atomic mass is 19.1. The molecule has 104 valence electrons. The number of aromatic nitrogens is 2. The van der Waals surface area contributed by atoms with E-state index in [0.717, 1.165) is 31.4 Å². The van der Waals surface area contributed by atoms with E-state index in [0.29, 0.717) is 17.1 Å². The predicted molar refractivity (Wildman–Crippen MR) is 73.5 cm³/mol. The van der Waals surface area contributed by atoms with E-state index in [1.54, 1.807) is 12.1 Å². The summed E-state index contributed by atoms with van der Waals surface area (Å²) in [6.45, 7) is 5.15. The van der Waals surface area contributed by atoms with Gasteiger partial charge in [-0.3, -0.25) is 4.90 Å². The molecule has 3 rings (SSSR count). The molecule has 0 spiro atoms. The molecule has 0 aliphatic carbocycles. The monoisotopic (exact) mass is 272 g/mol. The van der Waals surface area contributed by atoms with Gasteiger partial charge in [-0.25, -0.2) is 8.91 Å². The molecule has 1 saturated heterocycles. The van der Waals surface area contributed by atoms with Crippen molar-refractivity contribution in [2.75, 3.05) is 13.1 Å². The van der Waals surface area contributed by atoms with Crippen molar-refractivity contribution in [3.63, 3.8) is 0 Å². The Labute approximate surface area is 117 Å². The zero-order valence-electron chi connectivity index (χ0n) is 11.5. The largest absolute Gasteiger partial charge is 0.299 e. The maximum absolute atomic E-state index is 13.7. The molecule has 0 unspecified atom stereocenters. The molecule has 0 saturated carbocycles. The standard InChI is InChI=1S/C15H17FN4/c1-11-3-2-4-19(9-11)10-12-5-13(7-17)20-15(6-12)14(16)8-18-20/h5-6,8,11H,2-4,9-10H2,1H3/t11-/m0/s1. The number of likely N-dealkylation sites (tertiary alicyclic amines) is 1. The molecule has 0 bridgehead atoms. The van der Waals surface area contributed by atoms with Gasteiger partial charge in [0.2, 0.25) is 0 Å². The molecule has 0 radical (unpaired) electrons. The Morgan fingerprint density at radius 3 is 3.10 bits per heavy atom. The number of hydrogen-bond acceptors (Lipinski definition) is 3. The van der Waals surface area contributed by atoms with Crippen LogP contribution in [0.4, 0.5) is 4.39 Å². The minimum Gasteiger partial charge on any atom is -0.299 e. The summed E-state index contributed by atoms with van der Waals surface area (Å²) in [4.78, 5) is 2.37. The summed E-state index contributed by atoms with van der Waals surface area (Å²) in [6, 6.07) is 5.68. The fourth-order valence-corrected chi connectivity index (χ4v) is 2.97. The van der Waals surface area contributed by atoms with Crippen LogP contribution in [0, 0.1) is 23.1 Å². The van der Waals surface area contributed by atoms with Gasteiger partial charge < -0.3 is 0 Å². The van der Waals surface area contributed by atoms with E-state index in [-0.39, 0.29) is 5.82 Å². The molecule has 1 aliphatic heterocycles. The summed E-state index contributed by atoms with van der Waals surface area (Å²) in [6.07, 6.45) is 3.63. The quantitative estimate of drug-likeness (QED) is 0.844. The molecule has 4 nitrogen and oxygen atoms in total. The van der Waals surface area contributed by atoms with Crippen LogP contribution in [0.3, 0.4) is 0 Å². The second-order valence-corrected chi connectivity index (χ2v) is 5.63. The number of nitriles is 1. The summed E-state index contributed by atoms with van der Waals surface area (Å²) < 4.78 is 15.0. The molecular formula is C15H17FN4. The molecule has 20 heavy (non-hydrogen) atoms. The number of piperidine rings is 1. The Bertz CT molecular complexity index is 670. The van der Waals surface area contributed by atoms with Crippen molar-refractivity contribution in [3.8, 4) is 6.07 Å². The van der Waals surface area contributed by atoms with Crippen molar-refractivity contribution >= 4 is 5.52 Å². The van der Waals surface area contributed by atoms with Gasteiger partial charge >= 0.3 is 0 Å². The van der Waals surface area contributed by atoms with Crippen LogP contribution in [0.2, 0.25) is 0 Å². The first-order valence-corrected chi connectivity index (χ1v) is 6.96. The first kappa shape index (κ1) is 13.1. The minimum absolute atomic E-state index is 0.379. The van der Waals surface area contributed by atoms with E-state index in [1.807, 2.05) is 0 Å². The van der Waals surface area contributed by atoms with Gasteiger partial charge in [0.05, 0.1) is 6.20 Å². The summed E-state index contributed by atoms with van der Waals surface area (Å²) in [7, 11) is 0. The van der Waals surface area contributed by atoms with Crippen LogP contribution >= 0.6 is 0 Å². The third kappa shape index (κ3) is 2.39. The molecule has 0 aromatic carbocycles. The topological polar surface area (TPSA) is 44.3 Å². The number of rotatable bonds is 2. The Morgan fingerprint density at radius 1 is 1.50 bits per heavy atom. The van der Waals surface area contributed by atoms with E-state index in [4.69, 9.17) is 0 Å². The Kier molecular flexibility index (Phi) is 3.41. The van der Waals surface area contributed by atoms with Crippen molar-refractivity contribution in [2.45, 2.75) is 26.3 Å². The first-order chi connectivity index (χ1) is 9.67. The molecule has 1 atom stereocenters. The van der Waals surface area contributed by atoms with E-state index in [2.05, 4.69) is 23.0 Å². The van der Waals surface area contributed by atoms with E-state index >= 15 is 0 Å². The Balaban J connectivity index is 1.91. The van der Waals surface area contributed by atoms with Gasteiger partial charge in [0, 0.05) is 13.1 Å². The Hall–Kier alpha value is -1.93. The van der Waals surface area contributed by atoms with E-state index in [9.17, 15) is 9.65 Å². The maximum atomic E-state index is 13.7. The highest BCUT2D eigenvalue weighted by Gasteiger charge is 2.17.